The first-order valence-electron chi connectivity index (χ1n) is 7.76. The number of nitrogens with zero attached hydrogens (tertiary/aromatic N) is 1. The molecular weight excluding hydrogens is 336 g/mol. The van der Waals surface area contributed by atoms with Gasteiger partial charge in [0.15, 0.2) is 11.5 Å². The normalized spacial score (nSPS) is 25.0. The fraction of sp³-hybridized carbons (Fsp3) is 0.533. The van der Waals surface area contributed by atoms with E-state index in [1.807, 2.05) is 0 Å². The van der Waals surface area contributed by atoms with Crippen molar-refractivity contribution in [1.82, 2.24) is 4.31 Å². The van der Waals surface area contributed by atoms with E-state index < -0.39 is 21.9 Å². The van der Waals surface area contributed by atoms with Crippen LogP contribution < -0.4 is 15.2 Å². The number of fused-ring (bicyclic) bond motifs is 1. The summed E-state index contributed by atoms with van der Waals surface area (Å²) in [5.41, 5.74) is 5.93. The largest absolute Gasteiger partial charge is 0.486 e. The molecule has 2 atom stereocenters. The van der Waals surface area contributed by atoms with Gasteiger partial charge in [-0.3, -0.25) is 4.79 Å². The van der Waals surface area contributed by atoms with Gasteiger partial charge in [-0.15, -0.1) is 0 Å². The highest BCUT2D eigenvalue weighted by molar-refractivity contribution is 7.89. The van der Waals surface area contributed by atoms with Gasteiger partial charge in [0.1, 0.15) is 13.2 Å². The van der Waals surface area contributed by atoms with Crippen LogP contribution in [0.15, 0.2) is 23.1 Å². The van der Waals surface area contributed by atoms with E-state index in [1.54, 1.807) is 6.07 Å². The van der Waals surface area contributed by atoms with Gasteiger partial charge in [-0.25, -0.2) is 8.42 Å². The van der Waals surface area contributed by atoms with Gasteiger partial charge in [0.2, 0.25) is 10.0 Å². The summed E-state index contributed by atoms with van der Waals surface area (Å²) in [6.45, 7) is 0.785. The van der Waals surface area contributed by atoms with Crippen molar-refractivity contribution >= 4 is 16.0 Å². The highest BCUT2D eigenvalue weighted by Gasteiger charge is 2.34. The number of carboxylic acid groups (broad SMARTS) is 1. The molecule has 1 saturated heterocycles. The second-order valence-electron chi connectivity index (χ2n) is 6.00. The van der Waals surface area contributed by atoms with E-state index in [4.69, 9.17) is 15.2 Å². The third kappa shape index (κ3) is 3.33. The van der Waals surface area contributed by atoms with Gasteiger partial charge in [0, 0.05) is 25.2 Å². The average Bonchev–Trinajstić information content (AvgIpc) is 2.77. The molecule has 0 unspecified atom stereocenters. The van der Waals surface area contributed by atoms with Crippen LogP contribution in [0.2, 0.25) is 0 Å². The van der Waals surface area contributed by atoms with E-state index in [0.717, 1.165) is 4.31 Å². The molecule has 3 N–H and O–H groups in total. The molecule has 0 amide bonds. The summed E-state index contributed by atoms with van der Waals surface area (Å²) in [7, 11) is -3.86. The molecule has 0 aliphatic carbocycles. The summed E-state index contributed by atoms with van der Waals surface area (Å²) in [4.78, 5) is 11.4. The maximum Gasteiger partial charge on any atom is 0.307 e. The topological polar surface area (TPSA) is 119 Å². The summed E-state index contributed by atoms with van der Waals surface area (Å²) in [5.74, 6) is -0.899. The Morgan fingerprint density at radius 2 is 1.88 bits per heavy atom. The van der Waals surface area contributed by atoms with Crippen LogP contribution in [-0.2, 0) is 14.8 Å². The zero-order valence-electron chi connectivity index (χ0n) is 13.1. The molecule has 0 saturated carbocycles. The van der Waals surface area contributed by atoms with Crippen molar-refractivity contribution in [1.29, 1.82) is 0 Å². The first kappa shape index (κ1) is 17.0. The molecule has 24 heavy (non-hydrogen) atoms. The second kappa shape index (κ2) is 6.58. The monoisotopic (exact) mass is 356 g/mol. The second-order valence-corrected chi connectivity index (χ2v) is 7.94. The Labute approximate surface area is 140 Å². The Bertz CT molecular complexity index is 735. The Morgan fingerprint density at radius 1 is 1.17 bits per heavy atom. The number of carboxylic acids is 1. The lowest BCUT2D eigenvalue weighted by molar-refractivity contribution is -0.142. The zero-order valence-corrected chi connectivity index (χ0v) is 13.9. The number of rotatable bonds is 3. The molecule has 132 valence electrons. The molecule has 1 fully saturated rings. The fourth-order valence-corrected chi connectivity index (χ4v) is 4.47. The lowest BCUT2D eigenvalue weighted by Crippen LogP contribution is -2.41. The average molecular weight is 356 g/mol. The van der Waals surface area contributed by atoms with Crippen molar-refractivity contribution in [2.24, 2.45) is 11.7 Å². The standard InChI is InChI=1S/C15H20N2O6S/c16-11-2-1-10(15(18)19)8-17(9-11)24(20,21)12-3-4-13-14(7-12)23-6-5-22-13/h3-4,7,10-11H,1-2,5-6,8-9,16H2,(H,18,19)/t10-,11+/m0/s1. The molecular formula is C15H20N2O6S. The Hall–Kier alpha value is -1.84. The van der Waals surface area contributed by atoms with Gasteiger partial charge >= 0.3 is 5.97 Å². The lowest BCUT2D eigenvalue weighted by atomic mass is 10.0. The van der Waals surface area contributed by atoms with E-state index in [0.29, 0.717) is 37.6 Å². The smallest absolute Gasteiger partial charge is 0.307 e. The summed E-state index contributed by atoms with van der Waals surface area (Å²) in [5, 5.41) is 9.26. The molecule has 2 heterocycles. The van der Waals surface area contributed by atoms with Crippen LogP contribution in [0.1, 0.15) is 12.8 Å². The third-order valence-corrected chi connectivity index (χ3v) is 6.08. The highest BCUT2D eigenvalue weighted by atomic mass is 32.2. The van der Waals surface area contributed by atoms with Gasteiger partial charge in [-0.05, 0) is 25.0 Å². The van der Waals surface area contributed by atoms with Crippen LogP contribution in [0.3, 0.4) is 0 Å². The maximum atomic E-state index is 12.9. The SMILES string of the molecule is N[C@@H]1CC[C@H](C(=O)O)CN(S(=O)(=O)c2ccc3c(c2)OCCO3)C1. The molecule has 0 spiro atoms. The van der Waals surface area contributed by atoms with Crippen molar-refractivity contribution < 1.29 is 27.8 Å². The Morgan fingerprint density at radius 3 is 2.58 bits per heavy atom. The minimum atomic E-state index is -3.86. The molecule has 8 nitrogen and oxygen atoms in total. The number of sulfonamides is 1. The number of aliphatic carboxylic acids is 1. The van der Waals surface area contributed by atoms with Crippen LogP contribution >= 0.6 is 0 Å². The minimum absolute atomic E-state index is 0.0463. The number of carbonyl (C=O) groups is 1. The molecule has 0 aromatic heterocycles. The Balaban J connectivity index is 1.92. The first-order valence-corrected chi connectivity index (χ1v) is 9.20. The first-order chi connectivity index (χ1) is 11.4. The van der Waals surface area contributed by atoms with E-state index in [2.05, 4.69) is 0 Å². The number of hydrogen-bond acceptors (Lipinski definition) is 6. The molecule has 1 aromatic rings. The summed E-state index contributed by atoms with van der Waals surface area (Å²) in [6.07, 6.45) is 0.841. The van der Waals surface area contributed by atoms with E-state index >= 15 is 0 Å². The third-order valence-electron chi connectivity index (χ3n) is 4.25. The van der Waals surface area contributed by atoms with Crippen LogP contribution in [0.5, 0.6) is 11.5 Å². The molecule has 0 bridgehead atoms. The minimum Gasteiger partial charge on any atom is -0.486 e. The highest BCUT2D eigenvalue weighted by Crippen LogP contribution is 2.33. The summed E-state index contributed by atoms with van der Waals surface area (Å²) in [6, 6.07) is 4.01. The van der Waals surface area contributed by atoms with E-state index in [1.165, 1.54) is 12.1 Å². The van der Waals surface area contributed by atoms with Crippen LogP contribution in [0.4, 0.5) is 0 Å². The lowest BCUT2D eigenvalue weighted by Gasteiger charge is -2.25. The molecule has 2 aliphatic rings. The van der Waals surface area contributed by atoms with Gasteiger partial charge in [-0.1, -0.05) is 0 Å². The van der Waals surface area contributed by atoms with Crippen LogP contribution in [-0.4, -0.2) is 56.1 Å². The molecule has 1 aromatic carbocycles. The molecule has 0 radical (unpaired) electrons. The van der Waals surface area contributed by atoms with Crippen LogP contribution in [0.25, 0.3) is 0 Å². The van der Waals surface area contributed by atoms with Gasteiger partial charge in [0.05, 0.1) is 10.8 Å². The Kier molecular flexibility index (Phi) is 4.66. The van der Waals surface area contributed by atoms with Gasteiger partial charge in [-0.2, -0.15) is 4.31 Å². The van der Waals surface area contributed by atoms with Gasteiger partial charge < -0.3 is 20.3 Å². The number of ether oxygens (including phenoxy) is 2. The van der Waals surface area contributed by atoms with Gasteiger partial charge in [0.25, 0.3) is 0 Å². The van der Waals surface area contributed by atoms with Crippen molar-refractivity contribution in [3.8, 4) is 11.5 Å². The number of hydrogen-bond donors (Lipinski definition) is 2. The van der Waals surface area contributed by atoms with Crippen molar-refractivity contribution in [3.05, 3.63) is 18.2 Å². The molecule has 9 heteroatoms. The molecule has 3 rings (SSSR count). The van der Waals surface area contributed by atoms with E-state index in [9.17, 15) is 18.3 Å². The predicted octanol–water partition coefficient (Wildman–Crippen LogP) is 0.270. The number of benzene rings is 1. The van der Waals surface area contributed by atoms with E-state index in [-0.39, 0.29) is 24.0 Å². The molecule has 2 aliphatic heterocycles. The number of nitrogens with two attached hydrogens (primary N) is 1. The zero-order chi connectivity index (χ0) is 17.3. The van der Waals surface area contributed by atoms with Crippen molar-refractivity contribution in [2.75, 3.05) is 26.3 Å². The predicted molar refractivity (Wildman–Crippen MR) is 84.5 cm³/mol. The maximum absolute atomic E-state index is 12.9. The summed E-state index contributed by atoms with van der Waals surface area (Å²) >= 11 is 0. The van der Waals surface area contributed by atoms with Crippen LogP contribution in [0, 0.1) is 5.92 Å². The quantitative estimate of drug-likeness (QED) is 0.798. The fourth-order valence-electron chi connectivity index (χ4n) is 2.91. The summed E-state index contributed by atoms with van der Waals surface area (Å²) < 4.78 is 37.8. The van der Waals surface area contributed by atoms with Crippen molar-refractivity contribution in [2.45, 2.75) is 23.8 Å². The van der Waals surface area contributed by atoms with Crippen molar-refractivity contribution in [3.63, 3.8) is 0 Å².